The number of carbonyl (C=O) groups is 1. The van der Waals surface area contributed by atoms with Gasteiger partial charge >= 0.3 is 6.18 Å². The van der Waals surface area contributed by atoms with E-state index in [0.29, 0.717) is 12.2 Å². The second kappa shape index (κ2) is 8.84. The summed E-state index contributed by atoms with van der Waals surface area (Å²) in [5.41, 5.74) is 1.52. The largest absolute Gasteiger partial charge is 0.416 e. The molecular weight excluding hydrogens is 427 g/mol. The summed E-state index contributed by atoms with van der Waals surface area (Å²) in [5.74, 6) is 1.28. The summed E-state index contributed by atoms with van der Waals surface area (Å²) >= 11 is 0. The van der Waals surface area contributed by atoms with Gasteiger partial charge in [0.15, 0.2) is 0 Å². The Morgan fingerprint density at radius 3 is 2.58 bits per heavy atom. The molecule has 0 bridgehead atoms. The fraction of sp³-hybridized carbons (Fsp3) is 0.462. The van der Waals surface area contributed by atoms with Gasteiger partial charge in [0, 0.05) is 31.1 Å². The van der Waals surface area contributed by atoms with Crippen LogP contribution in [0.15, 0.2) is 48.5 Å². The van der Waals surface area contributed by atoms with Gasteiger partial charge in [-0.15, -0.1) is 0 Å². The van der Waals surface area contributed by atoms with Gasteiger partial charge in [0.2, 0.25) is 5.91 Å². The summed E-state index contributed by atoms with van der Waals surface area (Å²) in [5, 5.41) is 0. The molecule has 1 aromatic heterocycles. The topological polar surface area (TPSA) is 38.1 Å². The van der Waals surface area contributed by atoms with Crippen LogP contribution in [-0.4, -0.2) is 22.0 Å². The summed E-state index contributed by atoms with van der Waals surface area (Å²) in [7, 11) is 0. The predicted octanol–water partition coefficient (Wildman–Crippen LogP) is 6.55. The lowest BCUT2D eigenvalue weighted by molar-refractivity contribution is -0.137. The van der Waals surface area contributed by atoms with Gasteiger partial charge in [0.1, 0.15) is 5.82 Å². The minimum atomic E-state index is -4.44. The maximum atomic E-state index is 13.2. The molecule has 0 N–H and O–H groups in total. The first-order valence-corrected chi connectivity index (χ1v) is 11.8. The highest BCUT2D eigenvalue weighted by Crippen LogP contribution is 2.37. The number of imidazole rings is 1. The number of fused-ring (bicyclic) bond motifs is 1. The Labute approximate surface area is 191 Å². The highest BCUT2D eigenvalue weighted by molar-refractivity contribution is 5.96. The van der Waals surface area contributed by atoms with Crippen LogP contribution < -0.4 is 4.90 Å². The minimum Gasteiger partial charge on any atom is -0.328 e. The highest BCUT2D eigenvalue weighted by atomic mass is 19.4. The lowest BCUT2D eigenvalue weighted by Crippen LogP contribution is -2.25. The number of benzene rings is 2. The first kappa shape index (κ1) is 22.0. The first-order chi connectivity index (χ1) is 15.9. The molecule has 1 saturated heterocycles. The van der Waals surface area contributed by atoms with E-state index < -0.39 is 11.7 Å². The Balaban J connectivity index is 1.42. The number of hydrogen-bond acceptors (Lipinski definition) is 2. The number of anilines is 1. The molecular formula is C26H28F3N3O. The summed E-state index contributed by atoms with van der Waals surface area (Å²) in [6.45, 7) is 1.20. The molecule has 1 amide bonds. The van der Waals surface area contributed by atoms with Crippen molar-refractivity contribution in [3.8, 4) is 0 Å². The van der Waals surface area contributed by atoms with Crippen molar-refractivity contribution >= 4 is 22.6 Å². The summed E-state index contributed by atoms with van der Waals surface area (Å²) in [6.07, 6.45) is 3.36. The van der Waals surface area contributed by atoms with Crippen molar-refractivity contribution in [3.63, 3.8) is 0 Å². The molecule has 1 aliphatic heterocycles. The minimum absolute atomic E-state index is 0.147. The summed E-state index contributed by atoms with van der Waals surface area (Å²) < 4.78 is 41.8. The smallest absolute Gasteiger partial charge is 0.328 e. The fourth-order valence-corrected chi connectivity index (χ4v) is 5.41. The molecule has 2 aliphatic rings. The van der Waals surface area contributed by atoms with Crippen molar-refractivity contribution in [3.05, 3.63) is 59.9 Å². The van der Waals surface area contributed by atoms with Crippen LogP contribution in [0.4, 0.5) is 18.9 Å². The Hall–Kier alpha value is -2.83. The zero-order valence-corrected chi connectivity index (χ0v) is 18.5. The average Bonchev–Trinajstić information content (AvgIpc) is 3.38. The van der Waals surface area contributed by atoms with Gasteiger partial charge in [-0.1, -0.05) is 50.3 Å². The third-order valence-electron chi connectivity index (χ3n) is 7.15. The maximum absolute atomic E-state index is 13.2. The Bertz CT molecular complexity index is 1150. The maximum Gasteiger partial charge on any atom is 0.416 e. The third kappa shape index (κ3) is 4.50. The van der Waals surface area contributed by atoms with Crippen LogP contribution in [0.2, 0.25) is 0 Å². The number of aromatic nitrogens is 2. The van der Waals surface area contributed by atoms with E-state index in [1.54, 1.807) is 6.07 Å². The molecule has 1 unspecified atom stereocenters. The zero-order valence-electron chi connectivity index (χ0n) is 18.5. The average molecular weight is 456 g/mol. The standard InChI is InChI=1S/C26H28F3N3O/c27-26(28,29)20-9-6-10-21(16-20)32-17-19(15-24(32)33)25-30-22-11-4-5-12-23(22)31(25)14-13-18-7-2-1-3-8-18/h4-6,9-12,16,18-19H,1-3,7-8,13-15,17H2. The molecule has 1 aliphatic carbocycles. The van der Waals surface area contributed by atoms with Crippen LogP contribution in [0.3, 0.4) is 0 Å². The van der Waals surface area contributed by atoms with Gasteiger partial charge in [0.25, 0.3) is 0 Å². The van der Waals surface area contributed by atoms with Crippen LogP contribution in [-0.2, 0) is 17.5 Å². The van der Waals surface area contributed by atoms with E-state index in [1.165, 1.54) is 43.1 Å². The second-order valence-corrected chi connectivity index (χ2v) is 9.36. The van der Waals surface area contributed by atoms with E-state index in [0.717, 1.165) is 47.9 Å². The summed E-state index contributed by atoms with van der Waals surface area (Å²) in [6, 6.07) is 13.0. The van der Waals surface area contributed by atoms with Crippen molar-refractivity contribution in [2.45, 2.75) is 63.6 Å². The molecule has 2 aromatic carbocycles. The monoisotopic (exact) mass is 455 g/mol. The van der Waals surface area contributed by atoms with Gasteiger partial charge in [-0.3, -0.25) is 4.79 Å². The molecule has 1 atom stereocenters. The van der Waals surface area contributed by atoms with E-state index in [4.69, 9.17) is 4.98 Å². The van der Waals surface area contributed by atoms with Crippen molar-refractivity contribution in [1.29, 1.82) is 0 Å². The van der Waals surface area contributed by atoms with Gasteiger partial charge in [-0.25, -0.2) is 4.98 Å². The lowest BCUT2D eigenvalue weighted by Gasteiger charge is -2.23. The van der Waals surface area contributed by atoms with Gasteiger partial charge in [-0.05, 0) is 42.7 Å². The molecule has 2 heterocycles. The number of amides is 1. The normalized spacial score (nSPS) is 20.2. The van der Waals surface area contributed by atoms with Crippen LogP contribution in [0.5, 0.6) is 0 Å². The third-order valence-corrected chi connectivity index (χ3v) is 7.15. The van der Waals surface area contributed by atoms with Crippen LogP contribution in [0.1, 0.15) is 62.3 Å². The Morgan fingerprint density at radius 1 is 1.00 bits per heavy atom. The number of nitrogens with zero attached hydrogens (tertiary/aromatic N) is 3. The molecule has 4 nitrogen and oxygen atoms in total. The highest BCUT2D eigenvalue weighted by Gasteiger charge is 2.36. The molecule has 33 heavy (non-hydrogen) atoms. The number of para-hydroxylation sites is 2. The number of halogens is 3. The predicted molar refractivity (Wildman–Crippen MR) is 122 cm³/mol. The first-order valence-electron chi connectivity index (χ1n) is 11.8. The fourth-order valence-electron chi connectivity index (χ4n) is 5.41. The molecule has 174 valence electrons. The molecule has 0 radical (unpaired) electrons. The quantitative estimate of drug-likeness (QED) is 0.438. The van der Waals surface area contributed by atoms with Crippen LogP contribution in [0.25, 0.3) is 11.0 Å². The molecule has 1 saturated carbocycles. The number of hydrogen-bond donors (Lipinski definition) is 0. The second-order valence-electron chi connectivity index (χ2n) is 9.36. The molecule has 0 spiro atoms. The van der Waals surface area contributed by atoms with E-state index in [-0.39, 0.29) is 18.2 Å². The number of rotatable bonds is 5. The lowest BCUT2D eigenvalue weighted by atomic mass is 9.87. The van der Waals surface area contributed by atoms with Crippen molar-refractivity contribution < 1.29 is 18.0 Å². The number of alkyl halides is 3. The molecule has 3 aromatic rings. The summed E-state index contributed by atoms with van der Waals surface area (Å²) in [4.78, 5) is 19.2. The van der Waals surface area contributed by atoms with E-state index >= 15 is 0 Å². The van der Waals surface area contributed by atoms with E-state index in [1.807, 2.05) is 18.2 Å². The van der Waals surface area contributed by atoms with E-state index in [9.17, 15) is 18.0 Å². The van der Waals surface area contributed by atoms with E-state index in [2.05, 4.69) is 10.6 Å². The Morgan fingerprint density at radius 2 is 1.79 bits per heavy atom. The molecule has 5 rings (SSSR count). The van der Waals surface area contributed by atoms with Crippen molar-refractivity contribution in [2.24, 2.45) is 5.92 Å². The molecule has 7 heteroatoms. The van der Waals surface area contributed by atoms with Gasteiger partial charge < -0.3 is 9.47 Å². The molecule has 2 fully saturated rings. The zero-order chi connectivity index (χ0) is 23.0. The van der Waals surface area contributed by atoms with Crippen molar-refractivity contribution in [1.82, 2.24) is 9.55 Å². The van der Waals surface area contributed by atoms with Gasteiger partial charge in [-0.2, -0.15) is 13.2 Å². The number of carbonyl (C=O) groups excluding carboxylic acids is 1. The van der Waals surface area contributed by atoms with Crippen molar-refractivity contribution in [2.75, 3.05) is 11.4 Å². The van der Waals surface area contributed by atoms with Crippen LogP contribution >= 0.6 is 0 Å². The van der Waals surface area contributed by atoms with Crippen LogP contribution in [0, 0.1) is 5.92 Å². The Kier molecular flexibility index (Phi) is 5.89. The number of aryl methyl sites for hydroxylation is 1. The van der Waals surface area contributed by atoms with Gasteiger partial charge in [0.05, 0.1) is 16.6 Å². The SMILES string of the molecule is O=C1CC(c2nc3ccccc3n2CCC2CCCCC2)CN1c1cccc(C(F)(F)F)c1.